The Morgan fingerprint density at radius 3 is 2.41 bits per heavy atom. The lowest BCUT2D eigenvalue weighted by Gasteiger charge is -2.54. The average molecular weight is 623 g/mol. The molecule has 1 aromatic rings. The number of carbonyl (C=O) groups excluding carboxylic acids is 2. The molecule has 44 heavy (non-hydrogen) atoms. The molecule has 1 saturated heterocycles. The fourth-order valence-electron chi connectivity index (χ4n) is 6.61. The molecule has 1 aliphatic heterocycles. The van der Waals surface area contributed by atoms with Crippen molar-refractivity contribution < 1.29 is 64.3 Å². The predicted octanol–water partition coefficient (Wildman–Crippen LogP) is -0.523. The van der Waals surface area contributed by atoms with Crippen LogP contribution >= 0.6 is 0 Å². The van der Waals surface area contributed by atoms with Gasteiger partial charge in [0, 0.05) is 35.7 Å². The smallest absolute Gasteiger partial charge is 0.335 e. The fourth-order valence-corrected chi connectivity index (χ4v) is 6.61. The van der Waals surface area contributed by atoms with Gasteiger partial charge in [0.15, 0.2) is 12.4 Å². The Bertz CT molecular complexity index is 1210. The first-order chi connectivity index (χ1) is 20.8. The number of phenols is 1. The number of carbonyl (C=O) groups is 2. The Hall–Kier alpha value is -2.88. The first-order valence-electron chi connectivity index (χ1n) is 14.5. The van der Waals surface area contributed by atoms with Gasteiger partial charge in [-0.2, -0.15) is 0 Å². The normalized spacial score (nSPS) is 36.0. The molecule has 2 fully saturated rings. The maximum absolute atomic E-state index is 13.0. The number of esters is 2. The van der Waals surface area contributed by atoms with Gasteiger partial charge in [0.25, 0.3) is 0 Å². The zero-order valence-electron chi connectivity index (χ0n) is 24.7. The quantitative estimate of drug-likeness (QED) is 0.0995. The monoisotopic (exact) mass is 622 g/mol. The summed E-state index contributed by atoms with van der Waals surface area (Å²) < 4.78 is 21.9. The standard InChI is InChI=1S/C31H42O13/c1-15(28(39)41-3)19-10-11-31(2)22(44-29(40)20(34)12-16-4-7-18(33)8-5-16)9-6-17(23(31)24(19)35)14-42-30-27(38)26(37)25(36)21(13-32)43-30/h4-8,19-27,30,32-38H,1,9-14H2,2-3H3. The van der Waals surface area contributed by atoms with Crippen LogP contribution in [0.2, 0.25) is 0 Å². The summed E-state index contributed by atoms with van der Waals surface area (Å²) in [7, 11) is 1.21. The summed E-state index contributed by atoms with van der Waals surface area (Å²) in [5, 5.41) is 72.0. The molecule has 7 N–H and O–H groups in total. The van der Waals surface area contributed by atoms with Crippen molar-refractivity contribution in [2.75, 3.05) is 20.3 Å². The van der Waals surface area contributed by atoms with Crippen molar-refractivity contribution in [1.82, 2.24) is 0 Å². The number of methoxy groups -OCH3 is 1. The predicted molar refractivity (Wildman–Crippen MR) is 152 cm³/mol. The van der Waals surface area contributed by atoms with E-state index in [9.17, 15) is 45.3 Å². The maximum Gasteiger partial charge on any atom is 0.335 e. The van der Waals surface area contributed by atoms with Gasteiger partial charge in [-0.25, -0.2) is 9.59 Å². The van der Waals surface area contributed by atoms with Gasteiger partial charge in [0.1, 0.15) is 36.3 Å². The van der Waals surface area contributed by atoms with Crippen LogP contribution in [0.4, 0.5) is 0 Å². The van der Waals surface area contributed by atoms with Gasteiger partial charge >= 0.3 is 11.9 Å². The van der Waals surface area contributed by atoms with E-state index in [2.05, 4.69) is 6.58 Å². The van der Waals surface area contributed by atoms with E-state index in [1.165, 1.54) is 19.2 Å². The lowest BCUT2D eigenvalue weighted by atomic mass is 9.54. The van der Waals surface area contributed by atoms with Crippen molar-refractivity contribution in [3.05, 3.63) is 53.6 Å². The molecule has 0 radical (unpaired) electrons. The molecule has 13 nitrogen and oxygen atoms in total. The maximum atomic E-state index is 13.0. The van der Waals surface area contributed by atoms with Crippen molar-refractivity contribution in [3.63, 3.8) is 0 Å². The second-order valence-electron chi connectivity index (χ2n) is 12.0. The lowest BCUT2D eigenvalue weighted by molar-refractivity contribution is -0.299. The van der Waals surface area contributed by atoms with Crippen LogP contribution < -0.4 is 0 Å². The Morgan fingerprint density at radius 2 is 1.77 bits per heavy atom. The van der Waals surface area contributed by atoms with Crippen LogP contribution in [0.3, 0.4) is 0 Å². The number of aliphatic hydroxyl groups is 6. The van der Waals surface area contributed by atoms with Gasteiger partial charge in [0.05, 0.1) is 26.4 Å². The second-order valence-corrected chi connectivity index (χ2v) is 12.0. The van der Waals surface area contributed by atoms with Crippen LogP contribution in [-0.4, -0.2) is 117 Å². The summed E-state index contributed by atoms with van der Waals surface area (Å²) in [5.41, 5.74) is 0.365. The van der Waals surface area contributed by atoms with Gasteiger partial charge in [-0.1, -0.05) is 31.7 Å². The molecular formula is C31H42O13. The molecule has 1 aromatic carbocycles. The van der Waals surface area contributed by atoms with Crippen LogP contribution in [0.5, 0.6) is 5.75 Å². The molecule has 0 aromatic heterocycles. The zero-order valence-corrected chi connectivity index (χ0v) is 24.7. The van der Waals surface area contributed by atoms with Gasteiger partial charge < -0.3 is 54.7 Å². The summed E-state index contributed by atoms with van der Waals surface area (Å²) in [5.74, 6) is -2.90. The SMILES string of the molecule is C=C(C(=O)OC)C1CCC2(C)C(OC(=O)C(O)Cc3ccc(O)cc3)CC=C(COC3OC(CO)C(O)C(O)C3O)C2C1O. The summed E-state index contributed by atoms with van der Waals surface area (Å²) in [6.07, 6.45) is -8.26. The Balaban J connectivity index is 1.56. The van der Waals surface area contributed by atoms with Gasteiger partial charge in [-0.3, -0.25) is 0 Å². The summed E-state index contributed by atoms with van der Waals surface area (Å²) in [6, 6.07) is 6.06. The third-order valence-electron chi connectivity index (χ3n) is 9.24. The molecule has 0 spiro atoms. The molecule has 1 saturated carbocycles. The Labute approximate surface area is 254 Å². The number of rotatable bonds is 10. The Morgan fingerprint density at radius 1 is 1.09 bits per heavy atom. The van der Waals surface area contributed by atoms with Crippen LogP contribution in [0.25, 0.3) is 0 Å². The number of hydrogen-bond donors (Lipinski definition) is 7. The highest BCUT2D eigenvalue weighted by atomic mass is 16.7. The van der Waals surface area contributed by atoms with Crippen LogP contribution in [0.1, 0.15) is 31.7 Å². The highest BCUT2D eigenvalue weighted by Gasteiger charge is 2.56. The molecule has 13 heteroatoms. The summed E-state index contributed by atoms with van der Waals surface area (Å²) in [6.45, 7) is 4.84. The molecule has 3 aliphatic rings. The minimum Gasteiger partial charge on any atom is -0.508 e. The van der Waals surface area contributed by atoms with Crippen molar-refractivity contribution in [2.45, 2.75) is 81.6 Å². The largest absolute Gasteiger partial charge is 0.508 e. The number of ether oxygens (including phenoxy) is 4. The number of phenolic OH excluding ortho intramolecular Hbond substituents is 1. The van der Waals surface area contributed by atoms with E-state index >= 15 is 0 Å². The molecule has 0 bridgehead atoms. The van der Waals surface area contributed by atoms with E-state index < -0.39 is 84.8 Å². The third-order valence-corrected chi connectivity index (χ3v) is 9.24. The number of aromatic hydroxyl groups is 1. The van der Waals surface area contributed by atoms with Gasteiger partial charge in [-0.05, 0) is 36.1 Å². The number of aliphatic hydroxyl groups excluding tert-OH is 6. The molecule has 11 unspecified atom stereocenters. The molecule has 1 heterocycles. The molecule has 4 rings (SSSR count). The molecule has 244 valence electrons. The van der Waals surface area contributed by atoms with Crippen molar-refractivity contribution in [1.29, 1.82) is 0 Å². The molecule has 11 atom stereocenters. The van der Waals surface area contributed by atoms with E-state index in [4.69, 9.17) is 18.9 Å². The Kier molecular flexibility index (Phi) is 10.9. The summed E-state index contributed by atoms with van der Waals surface area (Å²) in [4.78, 5) is 25.4. The minimum absolute atomic E-state index is 0.0380. The number of fused-ring (bicyclic) bond motifs is 1. The number of hydrogen-bond acceptors (Lipinski definition) is 13. The van der Waals surface area contributed by atoms with E-state index in [1.807, 2.05) is 6.92 Å². The van der Waals surface area contributed by atoms with E-state index in [0.29, 0.717) is 24.0 Å². The van der Waals surface area contributed by atoms with Gasteiger partial charge in [-0.15, -0.1) is 0 Å². The average Bonchev–Trinajstić information content (AvgIpc) is 3.00. The van der Waals surface area contributed by atoms with Crippen LogP contribution in [0.15, 0.2) is 48.1 Å². The van der Waals surface area contributed by atoms with Crippen molar-refractivity contribution in [2.24, 2.45) is 17.3 Å². The third kappa shape index (κ3) is 6.85. The van der Waals surface area contributed by atoms with Crippen molar-refractivity contribution in [3.8, 4) is 5.75 Å². The summed E-state index contributed by atoms with van der Waals surface area (Å²) >= 11 is 0. The van der Waals surface area contributed by atoms with E-state index in [-0.39, 0.29) is 30.8 Å². The highest BCUT2D eigenvalue weighted by molar-refractivity contribution is 5.88. The van der Waals surface area contributed by atoms with Crippen LogP contribution in [-0.2, 0) is 35.0 Å². The highest BCUT2D eigenvalue weighted by Crippen LogP contribution is 2.54. The molecule has 2 aliphatic carbocycles. The lowest BCUT2D eigenvalue weighted by Crippen LogP contribution is -2.59. The minimum atomic E-state index is -1.64. The topological polar surface area (TPSA) is 213 Å². The van der Waals surface area contributed by atoms with Gasteiger partial charge in [0.2, 0.25) is 0 Å². The molecular weight excluding hydrogens is 580 g/mol. The van der Waals surface area contributed by atoms with E-state index in [0.717, 1.165) is 0 Å². The zero-order chi connectivity index (χ0) is 32.3. The second kappa shape index (κ2) is 14.0. The number of benzene rings is 1. The van der Waals surface area contributed by atoms with E-state index in [1.54, 1.807) is 18.2 Å². The van der Waals surface area contributed by atoms with Crippen LogP contribution in [0, 0.1) is 17.3 Å². The van der Waals surface area contributed by atoms with Crippen molar-refractivity contribution >= 4 is 11.9 Å². The first-order valence-corrected chi connectivity index (χ1v) is 14.5. The fraction of sp³-hybridized carbons (Fsp3) is 0.613. The molecule has 0 amide bonds. The first kappa shape index (κ1) is 34.0.